The average molecular weight is 364 g/mol. The number of para-hydroxylation sites is 2. The van der Waals surface area contributed by atoms with Gasteiger partial charge in [-0.25, -0.2) is 4.79 Å². The molecule has 0 spiro atoms. The van der Waals surface area contributed by atoms with Gasteiger partial charge >= 0.3 is 5.97 Å². The first-order valence-corrected chi connectivity index (χ1v) is 8.99. The predicted molar refractivity (Wildman–Crippen MR) is 97.3 cm³/mol. The second kappa shape index (κ2) is 10.7. The Morgan fingerprint density at radius 2 is 1.81 bits per heavy atom. The molecule has 144 valence electrons. The van der Waals surface area contributed by atoms with E-state index in [1.54, 1.807) is 18.2 Å². The van der Waals surface area contributed by atoms with Gasteiger partial charge in [0.15, 0.2) is 18.1 Å². The molecule has 7 nitrogen and oxygen atoms in total. The van der Waals surface area contributed by atoms with Crippen LogP contribution >= 0.6 is 0 Å². The summed E-state index contributed by atoms with van der Waals surface area (Å²) >= 11 is 0. The molecule has 1 heterocycles. The Morgan fingerprint density at radius 3 is 2.46 bits per heavy atom. The number of nitrogens with zero attached hydrogens (tertiary/aromatic N) is 1. The number of hydrogen-bond donors (Lipinski definition) is 1. The molecule has 1 aliphatic rings. The molecule has 1 aliphatic heterocycles. The van der Waals surface area contributed by atoms with Gasteiger partial charge in [-0.05, 0) is 44.5 Å². The largest absolute Gasteiger partial charge is 0.493 e. The molecule has 26 heavy (non-hydrogen) atoms. The number of methoxy groups -OCH3 is 2. The van der Waals surface area contributed by atoms with Gasteiger partial charge < -0.3 is 24.4 Å². The normalized spacial score (nSPS) is 15.8. The topological polar surface area (TPSA) is 77.1 Å². The lowest BCUT2D eigenvalue weighted by atomic mass is 10.1. The SMILES string of the molecule is COC(=O)C(CCN1CCCCC1)NC(=O)COc1ccccc1OC. The van der Waals surface area contributed by atoms with E-state index in [0.29, 0.717) is 17.9 Å². The summed E-state index contributed by atoms with van der Waals surface area (Å²) in [7, 11) is 2.86. The maximum Gasteiger partial charge on any atom is 0.328 e. The molecule has 1 amide bonds. The molecule has 1 fully saturated rings. The number of rotatable bonds is 9. The van der Waals surface area contributed by atoms with Crippen molar-refractivity contribution in [3.63, 3.8) is 0 Å². The van der Waals surface area contributed by atoms with E-state index in [2.05, 4.69) is 10.2 Å². The third-order valence-corrected chi connectivity index (χ3v) is 4.43. The van der Waals surface area contributed by atoms with Crippen LogP contribution in [0.5, 0.6) is 11.5 Å². The first-order chi connectivity index (χ1) is 12.6. The lowest BCUT2D eigenvalue weighted by Crippen LogP contribution is -2.45. The molecule has 1 saturated heterocycles. The smallest absolute Gasteiger partial charge is 0.328 e. The van der Waals surface area contributed by atoms with Crippen LogP contribution in [-0.2, 0) is 14.3 Å². The summed E-state index contributed by atoms with van der Waals surface area (Å²) in [4.78, 5) is 26.5. The Hall–Kier alpha value is -2.28. The van der Waals surface area contributed by atoms with E-state index in [1.165, 1.54) is 33.5 Å². The van der Waals surface area contributed by atoms with E-state index in [4.69, 9.17) is 14.2 Å². The number of benzene rings is 1. The fraction of sp³-hybridized carbons (Fsp3) is 0.579. The van der Waals surface area contributed by atoms with Crippen LogP contribution in [-0.4, -0.2) is 63.3 Å². The fourth-order valence-corrected chi connectivity index (χ4v) is 3.00. The first kappa shape index (κ1) is 20.0. The van der Waals surface area contributed by atoms with Crippen LogP contribution in [0, 0.1) is 0 Å². The second-order valence-corrected chi connectivity index (χ2v) is 6.27. The van der Waals surface area contributed by atoms with Gasteiger partial charge in [0.1, 0.15) is 6.04 Å². The summed E-state index contributed by atoms with van der Waals surface area (Å²) in [5.41, 5.74) is 0. The highest BCUT2D eigenvalue weighted by molar-refractivity contribution is 5.85. The number of likely N-dealkylation sites (tertiary alicyclic amines) is 1. The molecular weight excluding hydrogens is 336 g/mol. The highest BCUT2D eigenvalue weighted by Gasteiger charge is 2.23. The van der Waals surface area contributed by atoms with Crippen molar-refractivity contribution >= 4 is 11.9 Å². The number of piperidine rings is 1. The summed E-state index contributed by atoms with van der Waals surface area (Å²) in [5.74, 6) is 0.223. The summed E-state index contributed by atoms with van der Waals surface area (Å²) in [6.45, 7) is 2.64. The summed E-state index contributed by atoms with van der Waals surface area (Å²) < 4.78 is 15.5. The molecule has 0 aliphatic carbocycles. The van der Waals surface area contributed by atoms with Crippen molar-refractivity contribution in [2.45, 2.75) is 31.7 Å². The van der Waals surface area contributed by atoms with Crippen molar-refractivity contribution in [1.29, 1.82) is 0 Å². The van der Waals surface area contributed by atoms with Gasteiger partial charge in [0, 0.05) is 6.54 Å². The van der Waals surface area contributed by atoms with Crippen LogP contribution in [0.3, 0.4) is 0 Å². The van der Waals surface area contributed by atoms with E-state index in [1.807, 2.05) is 6.07 Å². The molecule has 1 atom stereocenters. The summed E-state index contributed by atoms with van der Waals surface area (Å²) in [6, 6.07) is 6.42. The van der Waals surface area contributed by atoms with Crippen molar-refractivity contribution in [3.05, 3.63) is 24.3 Å². The van der Waals surface area contributed by atoms with E-state index >= 15 is 0 Å². The van der Waals surface area contributed by atoms with E-state index in [0.717, 1.165) is 19.6 Å². The maximum absolute atomic E-state index is 12.2. The number of nitrogens with one attached hydrogen (secondary N) is 1. The van der Waals surface area contributed by atoms with Crippen LogP contribution in [0.4, 0.5) is 0 Å². The number of amides is 1. The van der Waals surface area contributed by atoms with Gasteiger partial charge in [-0.15, -0.1) is 0 Å². The van der Waals surface area contributed by atoms with Gasteiger partial charge in [0.2, 0.25) is 0 Å². The number of carbonyl (C=O) groups is 2. The van der Waals surface area contributed by atoms with Gasteiger partial charge in [0.25, 0.3) is 5.91 Å². The molecule has 1 N–H and O–H groups in total. The predicted octanol–water partition coefficient (Wildman–Crippen LogP) is 1.61. The Labute approximate surface area is 154 Å². The Morgan fingerprint density at radius 1 is 1.12 bits per heavy atom. The minimum atomic E-state index is -0.671. The van der Waals surface area contributed by atoms with Crippen molar-refractivity contribution in [1.82, 2.24) is 10.2 Å². The van der Waals surface area contributed by atoms with Crippen LogP contribution in [0.25, 0.3) is 0 Å². The van der Waals surface area contributed by atoms with Gasteiger partial charge in [-0.1, -0.05) is 18.6 Å². The zero-order valence-electron chi connectivity index (χ0n) is 15.5. The highest BCUT2D eigenvalue weighted by atomic mass is 16.5. The number of carbonyl (C=O) groups excluding carboxylic acids is 2. The van der Waals surface area contributed by atoms with Crippen molar-refractivity contribution in [3.8, 4) is 11.5 Å². The van der Waals surface area contributed by atoms with Gasteiger partial charge in [-0.3, -0.25) is 4.79 Å². The standard InChI is InChI=1S/C19H28N2O5/c1-24-16-8-4-5-9-17(16)26-14-18(22)20-15(19(23)25-2)10-13-21-11-6-3-7-12-21/h4-5,8-9,15H,3,6-7,10-14H2,1-2H3,(H,20,22). The molecule has 0 bridgehead atoms. The number of esters is 1. The molecule has 0 aromatic heterocycles. The van der Waals surface area contributed by atoms with Crippen LogP contribution in [0.1, 0.15) is 25.7 Å². The molecule has 2 rings (SSSR count). The average Bonchev–Trinajstić information content (AvgIpc) is 2.69. The quantitative estimate of drug-likeness (QED) is 0.671. The fourth-order valence-electron chi connectivity index (χ4n) is 3.00. The van der Waals surface area contributed by atoms with Crippen LogP contribution in [0.15, 0.2) is 24.3 Å². The summed E-state index contributed by atoms with van der Waals surface area (Å²) in [5, 5.41) is 2.71. The molecule has 1 aromatic carbocycles. The van der Waals surface area contributed by atoms with Crippen LogP contribution < -0.4 is 14.8 Å². The third kappa shape index (κ3) is 6.22. The Kier molecular flexibility index (Phi) is 8.21. The lowest BCUT2D eigenvalue weighted by Gasteiger charge is -2.27. The second-order valence-electron chi connectivity index (χ2n) is 6.27. The Bertz CT molecular complexity index is 587. The summed E-state index contributed by atoms with van der Waals surface area (Å²) in [6.07, 6.45) is 4.14. The highest BCUT2D eigenvalue weighted by Crippen LogP contribution is 2.25. The Balaban J connectivity index is 1.84. The van der Waals surface area contributed by atoms with Crippen LogP contribution in [0.2, 0.25) is 0 Å². The molecular formula is C19H28N2O5. The van der Waals surface area contributed by atoms with Crippen molar-refractivity contribution in [2.24, 2.45) is 0 Å². The molecule has 1 unspecified atom stereocenters. The van der Waals surface area contributed by atoms with Crippen molar-refractivity contribution in [2.75, 3.05) is 40.5 Å². The number of ether oxygens (including phenoxy) is 3. The van der Waals surface area contributed by atoms with E-state index in [-0.39, 0.29) is 12.5 Å². The lowest BCUT2D eigenvalue weighted by molar-refractivity contribution is -0.145. The van der Waals surface area contributed by atoms with Gasteiger partial charge in [0.05, 0.1) is 14.2 Å². The zero-order valence-corrected chi connectivity index (χ0v) is 15.5. The number of hydrogen-bond acceptors (Lipinski definition) is 6. The molecule has 7 heteroatoms. The molecule has 0 saturated carbocycles. The van der Waals surface area contributed by atoms with E-state index in [9.17, 15) is 9.59 Å². The van der Waals surface area contributed by atoms with Gasteiger partial charge in [-0.2, -0.15) is 0 Å². The van der Waals surface area contributed by atoms with E-state index < -0.39 is 12.0 Å². The first-order valence-electron chi connectivity index (χ1n) is 8.99. The monoisotopic (exact) mass is 364 g/mol. The molecule has 0 radical (unpaired) electrons. The zero-order chi connectivity index (χ0) is 18.8. The minimum absolute atomic E-state index is 0.197. The minimum Gasteiger partial charge on any atom is -0.493 e. The third-order valence-electron chi connectivity index (χ3n) is 4.43. The maximum atomic E-state index is 12.2. The molecule has 1 aromatic rings. The van der Waals surface area contributed by atoms with Crippen molar-refractivity contribution < 1.29 is 23.8 Å².